The molecule has 68 valence electrons. The molecule has 0 atom stereocenters. The van der Waals surface area contributed by atoms with Gasteiger partial charge >= 0.3 is 0 Å². The molecule has 2 heteroatoms. The number of pyridine rings is 1. The maximum Gasteiger partial charge on any atom is 0.178 e. The van der Waals surface area contributed by atoms with Crippen molar-refractivity contribution in [3.63, 3.8) is 0 Å². The molecule has 12 heavy (non-hydrogen) atoms. The van der Waals surface area contributed by atoms with E-state index in [0.717, 1.165) is 6.54 Å². The zero-order chi connectivity index (χ0) is 8.43. The van der Waals surface area contributed by atoms with E-state index < -0.39 is 0 Å². The van der Waals surface area contributed by atoms with Crippen molar-refractivity contribution in [2.45, 2.75) is 34.2 Å². The van der Waals surface area contributed by atoms with Gasteiger partial charge in [0.05, 0.1) is 0 Å². The number of aryl methyl sites for hydroxylation is 3. The van der Waals surface area contributed by atoms with Crippen LogP contribution in [0.4, 0.5) is 0 Å². The lowest BCUT2D eigenvalue weighted by molar-refractivity contribution is -0.705. The minimum absolute atomic E-state index is 0. The average Bonchev–Trinajstić information content (AvgIpc) is 1.85. The van der Waals surface area contributed by atoms with Crippen LogP contribution in [0.5, 0.6) is 0 Å². The summed E-state index contributed by atoms with van der Waals surface area (Å²) in [6.07, 6.45) is 0. The van der Waals surface area contributed by atoms with Gasteiger partial charge in [0.15, 0.2) is 11.4 Å². The molecule has 0 aliphatic heterocycles. The van der Waals surface area contributed by atoms with E-state index in [1.54, 1.807) is 0 Å². The largest absolute Gasteiger partial charge is 1.00 e. The van der Waals surface area contributed by atoms with Crippen LogP contribution in [-0.2, 0) is 6.54 Å². The Hall–Kier alpha value is -0.370. The molecule has 0 amide bonds. The van der Waals surface area contributed by atoms with Gasteiger partial charge in [0, 0.05) is 26.0 Å². The summed E-state index contributed by atoms with van der Waals surface area (Å²) in [5, 5.41) is 0. The molecule has 0 radical (unpaired) electrons. The Morgan fingerprint density at radius 2 is 1.50 bits per heavy atom. The number of hydrogen-bond donors (Lipinski definition) is 0. The maximum absolute atomic E-state index is 2.31. The highest BCUT2D eigenvalue weighted by Crippen LogP contribution is 2.00. The summed E-state index contributed by atoms with van der Waals surface area (Å²) in [7, 11) is 0. The van der Waals surface area contributed by atoms with E-state index in [9.17, 15) is 0 Å². The lowest BCUT2D eigenvalue weighted by atomic mass is 10.2. The Morgan fingerprint density at radius 1 is 1.08 bits per heavy atom. The van der Waals surface area contributed by atoms with E-state index in [0.29, 0.717) is 0 Å². The Labute approximate surface area is 85.2 Å². The molecule has 0 aliphatic carbocycles. The van der Waals surface area contributed by atoms with E-state index in [1.807, 2.05) is 0 Å². The van der Waals surface area contributed by atoms with Crippen LogP contribution in [0.1, 0.15) is 23.9 Å². The molecule has 0 spiro atoms. The Morgan fingerprint density at radius 3 is 1.83 bits per heavy atom. The third kappa shape index (κ3) is 2.31. The molecule has 0 fully saturated rings. The molecule has 1 nitrogen and oxygen atoms in total. The fourth-order valence-electron chi connectivity index (χ4n) is 1.63. The second kappa shape index (κ2) is 4.61. The first-order valence-electron chi connectivity index (χ1n) is 4.13. The molecule has 0 saturated carbocycles. The van der Waals surface area contributed by atoms with Gasteiger partial charge in [-0.1, -0.05) is 0 Å². The molecule has 0 N–H and O–H groups in total. The van der Waals surface area contributed by atoms with Crippen molar-refractivity contribution in [2.75, 3.05) is 0 Å². The van der Waals surface area contributed by atoms with Gasteiger partial charge in [0.1, 0.15) is 6.54 Å². The first-order chi connectivity index (χ1) is 5.15. The standard InChI is InChI=1S/C10H16N.BrH/c1-5-11-9(3)6-8(2)7-10(11)4;/h6-7H,5H2,1-4H3;1H/q+1;/p-1. The first-order valence-corrected chi connectivity index (χ1v) is 4.13. The predicted molar refractivity (Wildman–Crippen MR) is 46.5 cm³/mol. The predicted octanol–water partition coefficient (Wildman–Crippen LogP) is -1.08. The van der Waals surface area contributed by atoms with Crippen molar-refractivity contribution in [2.24, 2.45) is 0 Å². The van der Waals surface area contributed by atoms with Crippen LogP contribution in [0.2, 0.25) is 0 Å². The molecule has 1 aromatic heterocycles. The van der Waals surface area contributed by atoms with Gasteiger partial charge in [-0.25, -0.2) is 4.57 Å². The highest BCUT2D eigenvalue weighted by Gasteiger charge is 2.07. The fraction of sp³-hybridized carbons (Fsp3) is 0.500. The number of rotatable bonds is 1. The Kier molecular flexibility index (Phi) is 4.46. The highest BCUT2D eigenvalue weighted by molar-refractivity contribution is 5.13. The van der Waals surface area contributed by atoms with Crippen molar-refractivity contribution in [3.05, 3.63) is 29.1 Å². The average molecular weight is 230 g/mol. The fourth-order valence-corrected chi connectivity index (χ4v) is 1.63. The second-order valence-electron chi connectivity index (χ2n) is 3.06. The lowest BCUT2D eigenvalue weighted by Gasteiger charge is -2.01. The zero-order valence-electron chi connectivity index (χ0n) is 8.19. The summed E-state index contributed by atoms with van der Waals surface area (Å²) in [5.74, 6) is 0. The summed E-state index contributed by atoms with van der Waals surface area (Å²) in [5.41, 5.74) is 4.06. The lowest BCUT2D eigenvalue weighted by Crippen LogP contribution is -3.00. The van der Waals surface area contributed by atoms with E-state index >= 15 is 0 Å². The Balaban J connectivity index is 0.00000121. The van der Waals surface area contributed by atoms with Gasteiger partial charge in [0.2, 0.25) is 0 Å². The molecule has 0 aromatic carbocycles. The molecular weight excluding hydrogens is 214 g/mol. The first kappa shape index (κ1) is 11.6. The van der Waals surface area contributed by atoms with Crippen LogP contribution in [0.3, 0.4) is 0 Å². The van der Waals surface area contributed by atoms with Crippen LogP contribution >= 0.6 is 0 Å². The smallest absolute Gasteiger partial charge is 0.178 e. The topological polar surface area (TPSA) is 3.88 Å². The van der Waals surface area contributed by atoms with E-state index in [1.165, 1.54) is 17.0 Å². The SMILES string of the molecule is CC[n+]1c(C)cc(C)cc1C.[Br-]. The van der Waals surface area contributed by atoms with Crippen molar-refractivity contribution in [1.29, 1.82) is 0 Å². The molecule has 1 heterocycles. The van der Waals surface area contributed by atoms with Crippen LogP contribution in [0, 0.1) is 20.8 Å². The van der Waals surface area contributed by atoms with Gasteiger partial charge < -0.3 is 17.0 Å². The van der Waals surface area contributed by atoms with E-state index in [2.05, 4.69) is 44.4 Å². The van der Waals surface area contributed by atoms with Gasteiger partial charge in [0.25, 0.3) is 0 Å². The maximum atomic E-state index is 2.31. The second-order valence-corrected chi connectivity index (χ2v) is 3.06. The normalized spacial score (nSPS) is 9.33. The summed E-state index contributed by atoms with van der Waals surface area (Å²) in [6, 6.07) is 4.44. The van der Waals surface area contributed by atoms with Crippen molar-refractivity contribution in [1.82, 2.24) is 0 Å². The number of halogens is 1. The van der Waals surface area contributed by atoms with Crippen molar-refractivity contribution in [3.8, 4) is 0 Å². The minimum atomic E-state index is 0. The minimum Gasteiger partial charge on any atom is -1.00 e. The summed E-state index contributed by atoms with van der Waals surface area (Å²) in [4.78, 5) is 0. The van der Waals surface area contributed by atoms with Gasteiger partial charge in [-0.3, -0.25) is 0 Å². The quantitative estimate of drug-likeness (QED) is 0.540. The third-order valence-corrected chi connectivity index (χ3v) is 2.04. The number of aromatic nitrogens is 1. The Bertz CT molecular complexity index is 246. The van der Waals surface area contributed by atoms with Crippen LogP contribution < -0.4 is 21.5 Å². The zero-order valence-corrected chi connectivity index (χ0v) is 9.77. The third-order valence-electron chi connectivity index (χ3n) is 2.04. The monoisotopic (exact) mass is 229 g/mol. The molecule has 0 bridgehead atoms. The summed E-state index contributed by atoms with van der Waals surface area (Å²) >= 11 is 0. The van der Waals surface area contributed by atoms with E-state index in [4.69, 9.17) is 0 Å². The van der Waals surface area contributed by atoms with Gasteiger partial charge in [-0.15, -0.1) is 0 Å². The van der Waals surface area contributed by atoms with Crippen LogP contribution in [0.15, 0.2) is 12.1 Å². The van der Waals surface area contributed by atoms with Crippen LogP contribution in [0.25, 0.3) is 0 Å². The molecular formula is C10H16BrN. The van der Waals surface area contributed by atoms with Gasteiger partial charge in [-0.05, 0) is 19.4 Å². The summed E-state index contributed by atoms with van der Waals surface area (Å²) < 4.78 is 2.31. The van der Waals surface area contributed by atoms with Gasteiger partial charge in [-0.2, -0.15) is 0 Å². The molecule has 0 saturated heterocycles. The molecule has 0 unspecified atom stereocenters. The van der Waals surface area contributed by atoms with Crippen molar-refractivity contribution < 1.29 is 21.5 Å². The molecule has 0 aliphatic rings. The number of nitrogens with zero attached hydrogens (tertiary/aromatic N) is 1. The molecule has 1 rings (SSSR count). The number of hydrogen-bond acceptors (Lipinski definition) is 0. The molecule has 1 aromatic rings. The van der Waals surface area contributed by atoms with Crippen LogP contribution in [-0.4, -0.2) is 0 Å². The van der Waals surface area contributed by atoms with E-state index in [-0.39, 0.29) is 17.0 Å². The van der Waals surface area contributed by atoms with Crippen molar-refractivity contribution >= 4 is 0 Å². The highest BCUT2D eigenvalue weighted by atomic mass is 79.9. The summed E-state index contributed by atoms with van der Waals surface area (Å²) in [6.45, 7) is 9.69.